The van der Waals surface area contributed by atoms with Crippen molar-refractivity contribution in [3.63, 3.8) is 0 Å². The van der Waals surface area contributed by atoms with Crippen LogP contribution in [0.25, 0.3) is 6.08 Å². The lowest BCUT2D eigenvalue weighted by Crippen LogP contribution is -2.54. The van der Waals surface area contributed by atoms with Crippen molar-refractivity contribution in [2.45, 2.75) is 12.8 Å². The summed E-state index contributed by atoms with van der Waals surface area (Å²) in [4.78, 5) is 28.2. The molecule has 8 heteroatoms. The van der Waals surface area contributed by atoms with E-state index >= 15 is 0 Å². The second kappa shape index (κ2) is 6.96. The largest absolute Gasteiger partial charge is 0.441 e. The van der Waals surface area contributed by atoms with Crippen LogP contribution in [-0.2, 0) is 9.59 Å². The number of nitrogens with zero attached hydrogens (tertiary/aromatic N) is 2. The van der Waals surface area contributed by atoms with Crippen LogP contribution in [0.15, 0.2) is 46.4 Å². The van der Waals surface area contributed by atoms with Crippen molar-refractivity contribution in [3.05, 3.63) is 53.5 Å². The maximum absolute atomic E-state index is 14.1. The Hall–Kier alpha value is -3.00. The Balaban J connectivity index is 1.66. The number of amides is 2. The lowest BCUT2D eigenvalue weighted by Gasteiger charge is -2.28. The summed E-state index contributed by atoms with van der Waals surface area (Å²) in [5.41, 5.74) is -0.190. The molecule has 2 amide bonds. The zero-order chi connectivity index (χ0) is 19.0. The number of furan rings is 1. The maximum atomic E-state index is 14.1. The molecule has 0 spiro atoms. The number of para-hydroxylation sites is 1. The van der Waals surface area contributed by atoms with E-state index in [2.05, 4.69) is 10.2 Å². The van der Waals surface area contributed by atoms with Crippen LogP contribution < -0.4 is 15.1 Å². The minimum atomic E-state index is -0.701. The lowest BCUT2D eigenvalue weighted by atomic mass is 10.1. The highest BCUT2D eigenvalue weighted by atomic mass is 32.1. The molecule has 0 aliphatic carbocycles. The average Bonchev–Trinajstić information content (AvgIpc) is 3.31. The van der Waals surface area contributed by atoms with Gasteiger partial charge in [0.2, 0.25) is 0 Å². The van der Waals surface area contributed by atoms with Crippen LogP contribution in [-0.4, -0.2) is 30.0 Å². The van der Waals surface area contributed by atoms with Crippen LogP contribution in [0.4, 0.5) is 16.0 Å². The second-order valence-corrected chi connectivity index (χ2v) is 6.67. The molecule has 0 unspecified atom stereocenters. The molecular formula is C19H16FN3O3S. The minimum absolute atomic E-state index is 0.0180. The lowest BCUT2D eigenvalue weighted by molar-refractivity contribution is -0.122. The summed E-state index contributed by atoms with van der Waals surface area (Å²) >= 11 is 5.07. The van der Waals surface area contributed by atoms with Crippen LogP contribution in [0.2, 0.25) is 0 Å². The Morgan fingerprint density at radius 3 is 2.59 bits per heavy atom. The fourth-order valence-corrected chi connectivity index (χ4v) is 3.45. The molecule has 2 aliphatic rings. The topological polar surface area (TPSA) is 65.8 Å². The van der Waals surface area contributed by atoms with E-state index in [0.29, 0.717) is 11.6 Å². The Morgan fingerprint density at radius 1 is 1.11 bits per heavy atom. The third-order valence-electron chi connectivity index (χ3n) is 4.51. The smallest absolute Gasteiger partial charge is 0.270 e. The molecule has 2 fully saturated rings. The van der Waals surface area contributed by atoms with E-state index in [-0.39, 0.29) is 16.4 Å². The molecule has 1 aromatic heterocycles. The Labute approximate surface area is 160 Å². The SMILES string of the molecule is O=C1NC(=S)N(c2ccccc2F)C(=O)/C1=C\c1ccc(N2CCCC2)o1. The van der Waals surface area contributed by atoms with Crippen LogP contribution in [0.1, 0.15) is 18.6 Å². The van der Waals surface area contributed by atoms with Gasteiger partial charge in [0.05, 0.1) is 5.69 Å². The van der Waals surface area contributed by atoms with E-state index in [1.54, 1.807) is 12.1 Å². The number of thiocarbonyl (C=S) groups is 1. The average molecular weight is 385 g/mol. The van der Waals surface area contributed by atoms with Gasteiger partial charge in [-0.2, -0.15) is 0 Å². The molecule has 27 heavy (non-hydrogen) atoms. The van der Waals surface area contributed by atoms with E-state index in [9.17, 15) is 14.0 Å². The summed E-state index contributed by atoms with van der Waals surface area (Å²) in [5.74, 6) is -0.885. The number of nitrogens with one attached hydrogen (secondary N) is 1. The molecule has 0 saturated carbocycles. The molecule has 0 bridgehead atoms. The monoisotopic (exact) mass is 385 g/mol. The van der Waals surface area contributed by atoms with Crippen LogP contribution in [0, 0.1) is 5.82 Å². The molecule has 2 aromatic rings. The van der Waals surface area contributed by atoms with Crippen molar-refractivity contribution < 1.29 is 18.4 Å². The second-order valence-electron chi connectivity index (χ2n) is 6.28. The first-order valence-electron chi connectivity index (χ1n) is 8.55. The molecule has 3 heterocycles. The quantitative estimate of drug-likeness (QED) is 0.500. The van der Waals surface area contributed by atoms with E-state index in [0.717, 1.165) is 30.8 Å². The van der Waals surface area contributed by atoms with Gasteiger partial charge in [-0.25, -0.2) is 9.29 Å². The Bertz CT molecular complexity index is 963. The zero-order valence-electron chi connectivity index (χ0n) is 14.3. The predicted octanol–water partition coefficient (Wildman–Crippen LogP) is 2.85. The van der Waals surface area contributed by atoms with Crippen LogP contribution >= 0.6 is 12.2 Å². The number of anilines is 2. The first-order chi connectivity index (χ1) is 13.0. The van der Waals surface area contributed by atoms with Gasteiger partial charge in [-0.05, 0) is 49.3 Å². The number of hydrogen-bond acceptors (Lipinski definition) is 5. The van der Waals surface area contributed by atoms with Crippen molar-refractivity contribution in [3.8, 4) is 0 Å². The fourth-order valence-electron chi connectivity index (χ4n) is 3.18. The number of benzene rings is 1. The van der Waals surface area contributed by atoms with E-state index in [1.165, 1.54) is 24.3 Å². The number of carbonyl (C=O) groups excluding carboxylic acids is 2. The summed E-state index contributed by atoms with van der Waals surface area (Å²) in [6.45, 7) is 1.83. The van der Waals surface area contributed by atoms with Crippen molar-refractivity contribution in [2.24, 2.45) is 0 Å². The zero-order valence-corrected chi connectivity index (χ0v) is 15.1. The molecule has 138 valence electrons. The molecule has 0 radical (unpaired) electrons. The highest BCUT2D eigenvalue weighted by molar-refractivity contribution is 7.80. The molecule has 2 saturated heterocycles. The number of carbonyl (C=O) groups is 2. The van der Waals surface area contributed by atoms with Gasteiger partial charge in [0.15, 0.2) is 11.0 Å². The molecule has 2 aliphatic heterocycles. The van der Waals surface area contributed by atoms with Gasteiger partial charge in [0.25, 0.3) is 11.8 Å². The molecule has 1 aromatic carbocycles. The van der Waals surface area contributed by atoms with Gasteiger partial charge >= 0.3 is 0 Å². The number of hydrogen-bond donors (Lipinski definition) is 1. The molecule has 0 atom stereocenters. The van der Waals surface area contributed by atoms with E-state index in [4.69, 9.17) is 16.6 Å². The van der Waals surface area contributed by atoms with Crippen LogP contribution in [0.5, 0.6) is 0 Å². The third-order valence-corrected chi connectivity index (χ3v) is 4.80. The van der Waals surface area contributed by atoms with Crippen molar-refractivity contribution in [1.29, 1.82) is 0 Å². The van der Waals surface area contributed by atoms with Gasteiger partial charge in [0, 0.05) is 19.2 Å². The highest BCUT2D eigenvalue weighted by Crippen LogP contribution is 2.27. The molecule has 6 nitrogen and oxygen atoms in total. The van der Waals surface area contributed by atoms with Gasteiger partial charge in [-0.15, -0.1) is 0 Å². The van der Waals surface area contributed by atoms with Gasteiger partial charge in [0.1, 0.15) is 17.2 Å². The fraction of sp³-hybridized carbons (Fsp3) is 0.211. The van der Waals surface area contributed by atoms with E-state index in [1.807, 2.05) is 6.07 Å². The minimum Gasteiger partial charge on any atom is -0.441 e. The normalized spacial score (nSPS) is 19.1. The summed E-state index contributed by atoms with van der Waals surface area (Å²) in [7, 11) is 0. The predicted molar refractivity (Wildman–Crippen MR) is 103 cm³/mol. The highest BCUT2D eigenvalue weighted by Gasteiger charge is 2.36. The van der Waals surface area contributed by atoms with Crippen LogP contribution in [0.3, 0.4) is 0 Å². The first kappa shape index (κ1) is 17.4. The standard InChI is InChI=1S/C19H16FN3O3S/c20-14-5-1-2-6-15(14)23-18(25)13(17(24)21-19(23)27)11-12-7-8-16(26-12)22-9-3-4-10-22/h1-2,5-8,11H,3-4,9-10H2,(H,21,24,27)/b13-11-. The summed E-state index contributed by atoms with van der Waals surface area (Å²) in [6.07, 6.45) is 3.56. The third kappa shape index (κ3) is 3.23. The summed E-state index contributed by atoms with van der Waals surface area (Å²) in [6, 6.07) is 9.24. The van der Waals surface area contributed by atoms with E-state index < -0.39 is 17.6 Å². The van der Waals surface area contributed by atoms with Crippen molar-refractivity contribution in [1.82, 2.24) is 5.32 Å². The number of halogens is 1. The number of rotatable bonds is 3. The van der Waals surface area contributed by atoms with Crippen molar-refractivity contribution in [2.75, 3.05) is 22.9 Å². The molecule has 1 N–H and O–H groups in total. The first-order valence-corrected chi connectivity index (χ1v) is 8.96. The summed E-state index contributed by atoms with van der Waals surface area (Å²) in [5, 5.41) is 2.27. The van der Waals surface area contributed by atoms with Gasteiger partial charge in [-0.3, -0.25) is 14.9 Å². The Morgan fingerprint density at radius 2 is 1.85 bits per heavy atom. The molecular weight excluding hydrogens is 369 g/mol. The molecule has 4 rings (SSSR count). The Kier molecular flexibility index (Phi) is 4.49. The van der Waals surface area contributed by atoms with Gasteiger partial charge < -0.3 is 9.32 Å². The maximum Gasteiger partial charge on any atom is 0.270 e. The summed E-state index contributed by atoms with van der Waals surface area (Å²) < 4.78 is 19.9. The van der Waals surface area contributed by atoms with Crippen molar-refractivity contribution >= 4 is 46.8 Å². The van der Waals surface area contributed by atoms with Gasteiger partial charge in [-0.1, -0.05) is 12.1 Å².